The molecule has 0 heterocycles. The number of quaternary nitrogens is 2. The number of aryl methyl sites for hydroxylation is 6. The van der Waals surface area contributed by atoms with Crippen LogP contribution in [0.3, 0.4) is 0 Å². The fourth-order valence-electron chi connectivity index (χ4n) is 3.98. The average Bonchev–Trinajstić information content (AvgIpc) is 2.66. The topological polar surface area (TPSA) is 36.9 Å². The van der Waals surface area contributed by atoms with Crippen LogP contribution in [-0.2, 0) is 0 Å². The Labute approximate surface area is 221 Å². The molecule has 0 spiro atoms. The summed E-state index contributed by atoms with van der Waals surface area (Å²) in [5.41, 5.74) is 11.9. The van der Waals surface area contributed by atoms with Gasteiger partial charge in [0.25, 0.3) is 0 Å². The first kappa shape index (κ1) is 32.2. The summed E-state index contributed by atoms with van der Waals surface area (Å²) in [5, 5.41) is 4.84. The molecule has 0 fully saturated rings. The van der Waals surface area contributed by atoms with E-state index in [1.54, 1.807) is 0 Å². The third-order valence-corrected chi connectivity index (χ3v) is 5.47. The first-order chi connectivity index (χ1) is 15.3. The van der Waals surface area contributed by atoms with E-state index in [2.05, 4.69) is 119 Å². The van der Waals surface area contributed by atoms with Crippen molar-refractivity contribution in [1.29, 1.82) is 0 Å². The van der Waals surface area contributed by atoms with Crippen LogP contribution in [0.15, 0.2) is 36.0 Å². The molecule has 5 heteroatoms. The van der Waals surface area contributed by atoms with E-state index in [4.69, 9.17) is 5.32 Å². The number of likely N-dealkylation sites (N-methyl/N-ethyl adjacent to an activating group) is 2. The van der Waals surface area contributed by atoms with E-state index < -0.39 is 0 Å². The second-order valence-corrected chi connectivity index (χ2v) is 10.1. The Bertz CT molecular complexity index is 934. The Morgan fingerprint density at radius 1 is 0.735 bits per heavy atom. The van der Waals surface area contributed by atoms with Crippen LogP contribution >= 0.6 is 0 Å². The summed E-state index contributed by atoms with van der Waals surface area (Å²) in [4.78, 5) is 6.61. The van der Waals surface area contributed by atoms with Crippen molar-refractivity contribution >= 4 is 17.1 Å². The predicted octanol–water partition coefficient (Wildman–Crippen LogP) is -0.401. The fraction of sp³-hybridized carbons (Fsp3) is 0.483. The molecule has 0 saturated heterocycles. The summed E-state index contributed by atoms with van der Waals surface area (Å²) in [6.45, 7) is 19.5. The van der Waals surface area contributed by atoms with Gasteiger partial charge in [-0.3, -0.25) is 0 Å². The number of nitrogens with one attached hydrogen (secondary N) is 3. The summed E-state index contributed by atoms with van der Waals surface area (Å²) < 4.78 is 0. The molecule has 2 aromatic carbocycles. The molecule has 0 atom stereocenters. The Kier molecular flexibility index (Phi) is 14.4. The Hall–Kier alpha value is -1.83. The normalized spacial score (nSPS) is 11.8. The van der Waals surface area contributed by atoms with E-state index in [1.165, 1.54) is 62.0 Å². The Morgan fingerprint density at radius 3 is 1.50 bits per heavy atom. The van der Waals surface area contributed by atoms with Crippen molar-refractivity contribution in [3.05, 3.63) is 74.7 Å². The van der Waals surface area contributed by atoms with Crippen molar-refractivity contribution < 1.29 is 33.7 Å². The number of hydrogen-bond acceptors (Lipinski definition) is 0. The van der Waals surface area contributed by atoms with Gasteiger partial charge in [0.1, 0.15) is 13.1 Å². The molecule has 0 radical (unpaired) electrons. The number of hydrogen-bond donors (Lipinski definition) is 3. The number of rotatable bonds is 7. The van der Waals surface area contributed by atoms with Gasteiger partial charge in [-0.15, -0.1) is 5.69 Å². The van der Waals surface area contributed by atoms with Gasteiger partial charge in [-0.25, -0.2) is 4.99 Å². The summed E-state index contributed by atoms with van der Waals surface area (Å²) in [5.74, 6) is 0. The summed E-state index contributed by atoms with van der Waals surface area (Å²) in [7, 11) is 8.73. The van der Waals surface area contributed by atoms with Gasteiger partial charge in [-0.05, 0) is 59.8 Å². The number of allylic oxidation sites excluding steroid dienone is 2. The van der Waals surface area contributed by atoms with Gasteiger partial charge in [-0.1, -0.05) is 41.3 Å². The third-order valence-electron chi connectivity index (χ3n) is 5.47. The van der Waals surface area contributed by atoms with E-state index in [1.807, 2.05) is 0 Å². The molecule has 0 unspecified atom stereocenters. The van der Waals surface area contributed by atoms with E-state index in [9.17, 15) is 0 Å². The summed E-state index contributed by atoms with van der Waals surface area (Å²) in [6.07, 6.45) is 2.11. The molecule has 0 aromatic heterocycles. The zero-order valence-electron chi connectivity index (χ0n) is 24.2. The molecule has 0 bridgehead atoms. The van der Waals surface area contributed by atoms with Crippen LogP contribution in [0, 0.1) is 41.5 Å². The summed E-state index contributed by atoms with van der Waals surface area (Å²) in [6, 6.07) is 8.80. The molecule has 34 heavy (non-hydrogen) atoms. The van der Waals surface area contributed by atoms with Gasteiger partial charge in [0.05, 0.1) is 28.2 Å². The molecular weight excluding hydrogens is 411 g/mol. The molecule has 0 aliphatic heterocycles. The second kappa shape index (κ2) is 15.2. The first-order valence-electron chi connectivity index (χ1n) is 12.0. The molecule has 0 aliphatic carbocycles. The molecule has 0 saturated carbocycles. The van der Waals surface area contributed by atoms with Crippen LogP contribution < -0.4 is 33.7 Å². The second-order valence-electron chi connectivity index (χ2n) is 10.1. The van der Waals surface area contributed by atoms with Gasteiger partial charge in [0, 0.05) is 18.1 Å². The van der Waals surface area contributed by atoms with Gasteiger partial charge in [0.2, 0.25) is 5.69 Å². The van der Waals surface area contributed by atoms with Crippen molar-refractivity contribution in [3.63, 3.8) is 0 Å². The van der Waals surface area contributed by atoms with Gasteiger partial charge >= 0.3 is 18.9 Å². The van der Waals surface area contributed by atoms with E-state index >= 15 is 0 Å². The number of benzene rings is 2. The first-order valence-corrected chi connectivity index (χ1v) is 12.0. The maximum absolute atomic E-state index is 4.84. The quantitative estimate of drug-likeness (QED) is 0.372. The molecular formula is C29H48LiN4+3. The van der Waals surface area contributed by atoms with Crippen LogP contribution in [0.1, 0.15) is 47.2 Å². The van der Waals surface area contributed by atoms with Gasteiger partial charge < -0.3 is 15.1 Å². The van der Waals surface area contributed by atoms with E-state index in [0.717, 1.165) is 17.1 Å². The predicted molar refractivity (Wildman–Crippen MR) is 145 cm³/mol. The minimum absolute atomic E-state index is 0. The van der Waals surface area contributed by atoms with Crippen LogP contribution in [0.25, 0.3) is 5.32 Å². The molecule has 2 rings (SSSR count). The van der Waals surface area contributed by atoms with E-state index in [-0.39, 0.29) is 18.9 Å². The largest absolute Gasteiger partial charge is 1.00 e. The number of nitrogens with zero attached hydrogens (tertiary/aromatic N) is 1. The van der Waals surface area contributed by atoms with Crippen molar-refractivity contribution in [2.24, 2.45) is 0 Å². The van der Waals surface area contributed by atoms with Crippen molar-refractivity contribution in [3.8, 4) is 0 Å². The monoisotopic (exact) mass is 459 g/mol. The smallest absolute Gasteiger partial charge is 0.661 e. The zero-order valence-corrected chi connectivity index (χ0v) is 24.2. The fourth-order valence-corrected chi connectivity index (χ4v) is 3.98. The Balaban J connectivity index is 0.00000104. The van der Waals surface area contributed by atoms with Crippen LogP contribution in [0.4, 0.5) is 11.4 Å². The standard InChI is InChI=1S/C23H29N2.C6H16N2.Li/c1-14-9-16(3)22(17(4)10-14)24-20(7)13-21(8)25-23-18(5)11-15(2)12-19(23)6;1-7(2)5-6-8(3)4;/h9-13H,1-8H3;5-6H2,1-4H3;/q-1;;+1/p+3/b20-13-,25-21?;;. The molecule has 182 valence electrons. The minimum atomic E-state index is 0. The Morgan fingerprint density at radius 2 is 1.12 bits per heavy atom. The van der Waals surface area contributed by atoms with Crippen LogP contribution in [0.2, 0.25) is 0 Å². The molecule has 0 amide bonds. The molecule has 3 N–H and O–H groups in total. The average molecular weight is 460 g/mol. The summed E-state index contributed by atoms with van der Waals surface area (Å²) >= 11 is 0. The van der Waals surface area contributed by atoms with Crippen molar-refractivity contribution in [1.82, 2.24) is 0 Å². The van der Waals surface area contributed by atoms with Gasteiger partial charge in [-0.2, -0.15) is 5.70 Å². The molecule has 2 aromatic rings. The van der Waals surface area contributed by atoms with Gasteiger partial charge in [0.15, 0.2) is 5.71 Å². The van der Waals surface area contributed by atoms with E-state index in [0.29, 0.717) is 0 Å². The van der Waals surface area contributed by atoms with Crippen LogP contribution in [-0.4, -0.2) is 47.0 Å². The SMILES string of the molecule is CC(/C=C(/C)[N-]c1c(C)cc(C)cc1C)=[NH+]c1c(C)cc(C)cc1C.C[NH+](C)CC[NH+](C)C.[Li+]. The third kappa shape index (κ3) is 11.5. The maximum atomic E-state index is 4.84. The zero-order chi connectivity index (χ0) is 25.3. The maximum Gasteiger partial charge on any atom is 1.00 e. The minimum Gasteiger partial charge on any atom is -0.661 e. The van der Waals surface area contributed by atoms with Crippen LogP contribution in [0.5, 0.6) is 0 Å². The van der Waals surface area contributed by atoms with Crippen molar-refractivity contribution in [2.45, 2.75) is 55.4 Å². The molecule has 0 aliphatic rings. The van der Waals surface area contributed by atoms with Crippen molar-refractivity contribution in [2.75, 3.05) is 41.3 Å². The molecule has 4 nitrogen and oxygen atoms in total.